The molecule has 0 fully saturated rings. The van der Waals surface area contributed by atoms with Crippen LogP contribution >= 0.6 is 0 Å². The van der Waals surface area contributed by atoms with Crippen LogP contribution in [0.25, 0.3) is 0 Å². The molecule has 1 aromatic carbocycles. The van der Waals surface area contributed by atoms with Crippen LogP contribution in [-0.2, 0) is 20.7 Å². The van der Waals surface area contributed by atoms with E-state index in [0.717, 1.165) is 16.9 Å². The number of nitrogens with one attached hydrogen (secondary N) is 1. The minimum absolute atomic E-state index is 0.249. The summed E-state index contributed by atoms with van der Waals surface area (Å²) in [6.45, 7) is 2.45. The molecule has 0 spiro atoms. The third-order valence-electron chi connectivity index (χ3n) is 2.68. The van der Waals surface area contributed by atoms with Gasteiger partial charge in [0.05, 0.1) is 14.2 Å². The molecule has 5 nitrogen and oxygen atoms in total. The van der Waals surface area contributed by atoms with Gasteiger partial charge in [0.2, 0.25) is 5.91 Å². The smallest absolute Gasteiger partial charge is 0.315 e. The van der Waals surface area contributed by atoms with E-state index in [1.807, 2.05) is 25.1 Å². The zero-order chi connectivity index (χ0) is 14.3. The first-order valence-corrected chi connectivity index (χ1v) is 6.04. The second-order valence-corrected chi connectivity index (χ2v) is 4.17. The topological polar surface area (TPSA) is 64.6 Å². The minimum atomic E-state index is -0.536. The lowest BCUT2D eigenvalue weighted by Crippen LogP contribution is -2.28. The van der Waals surface area contributed by atoms with Crippen molar-refractivity contribution in [2.75, 3.05) is 20.8 Å². The SMILES string of the molecule is COC(=O)CC(=O)NCCc1cc(C)ccc1OC. The lowest BCUT2D eigenvalue weighted by molar-refractivity contribution is -0.143. The van der Waals surface area contributed by atoms with Crippen LogP contribution in [0.4, 0.5) is 0 Å². The molecule has 1 aromatic rings. The van der Waals surface area contributed by atoms with Crippen LogP contribution in [0.2, 0.25) is 0 Å². The van der Waals surface area contributed by atoms with Crippen molar-refractivity contribution in [3.8, 4) is 5.75 Å². The van der Waals surface area contributed by atoms with Gasteiger partial charge in [0, 0.05) is 6.54 Å². The van der Waals surface area contributed by atoms with E-state index < -0.39 is 5.97 Å². The Labute approximate surface area is 112 Å². The van der Waals surface area contributed by atoms with E-state index >= 15 is 0 Å². The van der Waals surface area contributed by atoms with Gasteiger partial charge in [0.25, 0.3) is 0 Å². The van der Waals surface area contributed by atoms with Crippen molar-refractivity contribution in [2.24, 2.45) is 0 Å². The summed E-state index contributed by atoms with van der Waals surface area (Å²) in [5.41, 5.74) is 2.16. The molecule has 1 N–H and O–H groups in total. The van der Waals surface area contributed by atoms with Gasteiger partial charge in [-0.15, -0.1) is 0 Å². The molecular formula is C14H19NO4. The van der Waals surface area contributed by atoms with Crippen LogP contribution in [0.1, 0.15) is 17.5 Å². The van der Waals surface area contributed by atoms with Crippen molar-refractivity contribution in [2.45, 2.75) is 19.8 Å². The zero-order valence-corrected chi connectivity index (χ0v) is 11.5. The molecule has 0 atom stereocenters. The van der Waals surface area contributed by atoms with Crippen molar-refractivity contribution >= 4 is 11.9 Å². The highest BCUT2D eigenvalue weighted by Crippen LogP contribution is 2.19. The number of carbonyl (C=O) groups is 2. The predicted molar refractivity (Wildman–Crippen MR) is 71.1 cm³/mol. The molecule has 1 rings (SSSR count). The zero-order valence-electron chi connectivity index (χ0n) is 11.5. The van der Waals surface area contributed by atoms with Crippen molar-refractivity contribution in [3.63, 3.8) is 0 Å². The molecule has 0 unspecified atom stereocenters. The standard InChI is InChI=1S/C14H19NO4/c1-10-4-5-12(18-2)11(8-10)6-7-15-13(16)9-14(17)19-3/h4-5,8H,6-7,9H2,1-3H3,(H,15,16). The predicted octanol–water partition coefficient (Wildman–Crippen LogP) is 1.23. The first-order valence-electron chi connectivity index (χ1n) is 6.04. The number of hydrogen-bond acceptors (Lipinski definition) is 4. The van der Waals surface area contributed by atoms with Gasteiger partial charge in [-0.05, 0) is 25.0 Å². The van der Waals surface area contributed by atoms with Gasteiger partial charge in [0.15, 0.2) is 0 Å². The van der Waals surface area contributed by atoms with Crippen molar-refractivity contribution in [3.05, 3.63) is 29.3 Å². The number of carbonyl (C=O) groups excluding carboxylic acids is 2. The van der Waals surface area contributed by atoms with Gasteiger partial charge in [0.1, 0.15) is 12.2 Å². The van der Waals surface area contributed by atoms with E-state index in [-0.39, 0.29) is 12.3 Å². The average molecular weight is 265 g/mol. The van der Waals surface area contributed by atoms with Crippen LogP contribution in [0.5, 0.6) is 5.75 Å². The van der Waals surface area contributed by atoms with Gasteiger partial charge in [-0.3, -0.25) is 9.59 Å². The Kier molecular flexibility index (Phi) is 5.85. The fourth-order valence-electron chi connectivity index (χ4n) is 1.71. The molecule has 0 heterocycles. The van der Waals surface area contributed by atoms with Gasteiger partial charge >= 0.3 is 5.97 Å². The van der Waals surface area contributed by atoms with Crippen LogP contribution in [0, 0.1) is 6.92 Å². The molecule has 0 aliphatic carbocycles. The molecule has 0 aromatic heterocycles. The Morgan fingerprint density at radius 1 is 1.26 bits per heavy atom. The molecule has 19 heavy (non-hydrogen) atoms. The number of hydrogen-bond donors (Lipinski definition) is 1. The van der Waals surface area contributed by atoms with Gasteiger partial charge in [-0.2, -0.15) is 0 Å². The number of amides is 1. The summed E-state index contributed by atoms with van der Waals surface area (Å²) in [6, 6.07) is 5.89. The summed E-state index contributed by atoms with van der Waals surface area (Å²) >= 11 is 0. The van der Waals surface area contributed by atoms with E-state index in [9.17, 15) is 9.59 Å². The molecule has 0 radical (unpaired) electrons. The Hall–Kier alpha value is -2.04. The minimum Gasteiger partial charge on any atom is -0.496 e. The number of aryl methyl sites for hydroxylation is 1. The van der Waals surface area contributed by atoms with Crippen LogP contribution in [-0.4, -0.2) is 32.6 Å². The van der Waals surface area contributed by atoms with E-state index in [4.69, 9.17) is 4.74 Å². The maximum Gasteiger partial charge on any atom is 0.315 e. The molecule has 0 saturated heterocycles. The Balaban J connectivity index is 2.47. The second-order valence-electron chi connectivity index (χ2n) is 4.17. The average Bonchev–Trinajstić information content (AvgIpc) is 2.38. The lowest BCUT2D eigenvalue weighted by atomic mass is 10.1. The van der Waals surface area contributed by atoms with Gasteiger partial charge < -0.3 is 14.8 Å². The largest absolute Gasteiger partial charge is 0.496 e. The van der Waals surface area contributed by atoms with Crippen molar-refractivity contribution in [1.82, 2.24) is 5.32 Å². The highest BCUT2D eigenvalue weighted by atomic mass is 16.5. The molecule has 0 bridgehead atoms. The summed E-state index contributed by atoms with van der Waals surface area (Å²) < 4.78 is 9.67. The number of methoxy groups -OCH3 is 2. The monoisotopic (exact) mass is 265 g/mol. The normalized spacial score (nSPS) is 9.84. The van der Waals surface area contributed by atoms with E-state index in [1.54, 1.807) is 7.11 Å². The van der Waals surface area contributed by atoms with E-state index in [2.05, 4.69) is 10.1 Å². The highest BCUT2D eigenvalue weighted by Gasteiger charge is 2.09. The summed E-state index contributed by atoms with van der Waals surface area (Å²) in [5.74, 6) is -0.0723. The summed E-state index contributed by atoms with van der Waals surface area (Å²) in [5, 5.41) is 2.67. The number of benzene rings is 1. The van der Waals surface area contributed by atoms with E-state index in [0.29, 0.717) is 13.0 Å². The summed E-state index contributed by atoms with van der Waals surface area (Å²) in [4.78, 5) is 22.3. The quantitative estimate of drug-likeness (QED) is 0.620. The first kappa shape index (κ1) is 15.0. The number of rotatable bonds is 6. The second kappa shape index (κ2) is 7.41. The highest BCUT2D eigenvalue weighted by molar-refractivity contribution is 5.94. The van der Waals surface area contributed by atoms with Crippen LogP contribution in [0.3, 0.4) is 0 Å². The van der Waals surface area contributed by atoms with Gasteiger partial charge in [-0.1, -0.05) is 17.7 Å². The molecule has 0 saturated carbocycles. The van der Waals surface area contributed by atoms with Crippen molar-refractivity contribution < 1.29 is 19.1 Å². The van der Waals surface area contributed by atoms with Crippen molar-refractivity contribution in [1.29, 1.82) is 0 Å². The maximum atomic E-state index is 11.4. The summed E-state index contributed by atoms with van der Waals surface area (Å²) in [7, 11) is 2.87. The molecule has 0 aliphatic rings. The molecule has 1 amide bonds. The lowest BCUT2D eigenvalue weighted by Gasteiger charge is -2.10. The third-order valence-corrected chi connectivity index (χ3v) is 2.68. The molecule has 5 heteroatoms. The Bertz CT molecular complexity index is 457. The molecule has 0 aliphatic heterocycles. The molecule has 104 valence electrons. The number of esters is 1. The third kappa shape index (κ3) is 4.99. The van der Waals surface area contributed by atoms with Crippen LogP contribution in [0.15, 0.2) is 18.2 Å². The van der Waals surface area contributed by atoms with Gasteiger partial charge in [-0.25, -0.2) is 0 Å². The van der Waals surface area contributed by atoms with E-state index in [1.165, 1.54) is 7.11 Å². The maximum absolute atomic E-state index is 11.4. The fraction of sp³-hybridized carbons (Fsp3) is 0.429. The summed E-state index contributed by atoms with van der Waals surface area (Å²) in [6.07, 6.45) is 0.402. The fourth-order valence-corrected chi connectivity index (χ4v) is 1.71. The first-order chi connectivity index (χ1) is 9.06. The Morgan fingerprint density at radius 3 is 2.63 bits per heavy atom. The number of ether oxygens (including phenoxy) is 2. The molecular weight excluding hydrogens is 246 g/mol. The Morgan fingerprint density at radius 2 is 2.00 bits per heavy atom. The van der Waals surface area contributed by atoms with Crippen LogP contribution < -0.4 is 10.1 Å².